The van der Waals surface area contributed by atoms with Crippen LogP contribution in [0.4, 0.5) is 0 Å². The van der Waals surface area contributed by atoms with Crippen molar-refractivity contribution in [1.29, 1.82) is 0 Å². The van der Waals surface area contributed by atoms with Crippen molar-refractivity contribution in [3.63, 3.8) is 0 Å². The first-order valence-electron chi connectivity index (χ1n) is 7.87. The van der Waals surface area contributed by atoms with E-state index >= 15 is 0 Å². The van der Waals surface area contributed by atoms with Gasteiger partial charge < -0.3 is 5.11 Å². The van der Waals surface area contributed by atoms with E-state index < -0.39 is 0 Å². The average molecular weight is 262 g/mol. The molecular formula is C18H30O. The molecule has 2 atom stereocenters. The molecule has 1 nitrogen and oxygen atoms in total. The maximum atomic E-state index is 9.94. The third-order valence-corrected chi connectivity index (χ3v) is 4.37. The number of hydrogen-bond donors (Lipinski definition) is 1. The highest BCUT2D eigenvalue weighted by atomic mass is 16.3. The lowest BCUT2D eigenvalue weighted by molar-refractivity contribution is 0.457. The fourth-order valence-electron chi connectivity index (χ4n) is 2.22. The van der Waals surface area contributed by atoms with E-state index in [1.54, 1.807) is 0 Å². The lowest BCUT2D eigenvalue weighted by Gasteiger charge is -2.12. The van der Waals surface area contributed by atoms with Gasteiger partial charge in [-0.2, -0.15) is 0 Å². The lowest BCUT2D eigenvalue weighted by Crippen LogP contribution is -1.99. The second-order valence-electron chi connectivity index (χ2n) is 6.07. The Balaban J connectivity index is 2.60. The van der Waals surface area contributed by atoms with Crippen molar-refractivity contribution < 1.29 is 5.11 Å². The van der Waals surface area contributed by atoms with Crippen molar-refractivity contribution in [2.45, 2.75) is 66.2 Å². The molecule has 0 bridgehead atoms. The summed E-state index contributed by atoms with van der Waals surface area (Å²) >= 11 is 0. The monoisotopic (exact) mass is 262 g/mol. The van der Waals surface area contributed by atoms with E-state index in [4.69, 9.17) is 0 Å². The quantitative estimate of drug-likeness (QED) is 0.669. The third-order valence-electron chi connectivity index (χ3n) is 4.37. The molecule has 1 N–H and O–H groups in total. The second-order valence-corrected chi connectivity index (χ2v) is 6.07. The van der Waals surface area contributed by atoms with Crippen LogP contribution in [0, 0.1) is 11.8 Å². The molecule has 0 saturated heterocycles. The third kappa shape index (κ3) is 5.67. The van der Waals surface area contributed by atoms with E-state index in [1.165, 1.54) is 31.2 Å². The van der Waals surface area contributed by atoms with Crippen molar-refractivity contribution in [1.82, 2.24) is 0 Å². The summed E-state index contributed by atoms with van der Waals surface area (Å²) in [6.07, 6.45) is 7.00. The Hall–Kier alpha value is -0.980. The zero-order valence-corrected chi connectivity index (χ0v) is 13.1. The average Bonchev–Trinajstić information content (AvgIpc) is 2.44. The molecule has 0 heterocycles. The van der Waals surface area contributed by atoms with E-state index in [-0.39, 0.29) is 0 Å². The van der Waals surface area contributed by atoms with Crippen LogP contribution >= 0.6 is 0 Å². The maximum absolute atomic E-state index is 9.94. The Kier molecular flexibility index (Phi) is 6.97. The van der Waals surface area contributed by atoms with Crippen LogP contribution in [-0.4, -0.2) is 5.11 Å². The Bertz CT molecular complexity index is 370. The highest BCUT2D eigenvalue weighted by Gasteiger charge is 2.07. The van der Waals surface area contributed by atoms with Gasteiger partial charge in [0.15, 0.2) is 0 Å². The Labute approximate surface area is 119 Å². The van der Waals surface area contributed by atoms with Crippen LogP contribution in [0.25, 0.3) is 0 Å². The largest absolute Gasteiger partial charge is 0.508 e. The SMILES string of the molecule is CCC(C)CCc1ccc(O)c(CCC(C)CC)c1. The first-order valence-corrected chi connectivity index (χ1v) is 7.87. The van der Waals surface area contributed by atoms with Crippen LogP contribution < -0.4 is 0 Å². The molecule has 1 heteroatoms. The lowest BCUT2D eigenvalue weighted by atomic mass is 9.94. The predicted molar refractivity (Wildman–Crippen MR) is 83.7 cm³/mol. The van der Waals surface area contributed by atoms with Crippen LogP contribution in [0.1, 0.15) is 64.5 Å². The van der Waals surface area contributed by atoms with Crippen molar-refractivity contribution in [3.8, 4) is 5.75 Å². The van der Waals surface area contributed by atoms with E-state index in [0.717, 1.165) is 30.2 Å². The first-order chi connectivity index (χ1) is 9.06. The molecule has 0 spiro atoms. The van der Waals surface area contributed by atoms with Gasteiger partial charge in [-0.25, -0.2) is 0 Å². The van der Waals surface area contributed by atoms with Gasteiger partial charge in [0.05, 0.1) is 0 Å². The molecule has 0 aromatic heterocycles. The number of hydrogen-bond acceptors (Lipinski definition) is 1. The Morgan fingerprint density at radius 3 is 2.11 bits per heavy atom. The van der Waals surface area contributed by atoms with Crippen LogP contribution in [0.3, 0.4) is 0 Å². The summed E-state index contributed by atoms with van der Waals surface area (Å²) in [5.74, 6) is 2.00. The van der Waals surface area contributed by atoms with Crippen molar-refractivity contribution in [3.05, 3.63) is 29.3 Å². The molecular weight excluding hydrogens is 232 g/mol. The minimum absolute atomic E-state index is 0.468. The molecule has 0 saturated carbocycles. The van der Waals surface area contributed by atoms with Gasteiger partial charge in [0, 0.05) is 0 Å². The molecule has 19 heavy (non-hydrogen) atoms. The second kappa shape index (κ2) is 8.24. The highest BCUT2D eigenvalue weighted by Crippen LogP contribution is 2.23. The van der Waals surface area contributed by atoms with Gasteiger partial charge >= 0.3 is 0 Å². The van der Waals surface area contributed by atoms with E-state index in [1.807, 2.05) is 6.07 Å². The molecule has 0 aliphatic rings. The number of aromatic hydroxyl groups is 1. The molecule has 0 fully saturated rings. The van der Waals surface area contributed by atoms with Gasteiger partial charge in [-0.15, -0.1) is 0 Å². The summed E-state index contributed by atoms with van der Waals surface area (Å²) in [4.78, 5) is 0. The predicted octanol–water partition coefficient (Wildman–Crippen LogP) is 5.35. The molecule has 0 aliphatic carbocycles. The van der Waals surface area contributed by atoms with Gasteiger partial charge in [-0.1, -0.05) is 52.7 Å². The van der Waals surface area contributed by atoms with Crippen molar-refractivity contribution in [2.24, 2.45) is 11.8 Å². The zero-order chi connectivity index (χ0) is 14.3. The fraction of sp³-hybridized carbons (Fsp3) is 0.667. The maximum Gasteiger partial charge on any atom is 0.118 e. The Morgan fingerprint density at radius 2 is 1.53 bits per heavy atom. The molecule has 1 rings (SSSR count). The Morgan fingerprint density at radius 1 is 0.947 bits per heavy atom. The van der Waals surface area contributed by atoms with Gasteiger partial charge in [-0.3, -0.25) is 0 Å². The fourth-order valence-corrected chi connectivity index (χ4v) is 2.22. The van der Waals surface area contributed by atoms with Crippen molar-refractivity contribution in [2.75, 3.05) is 0 Å². The van der Waals surface area contributed by atoms with Gasteiger partial charge in [0.2, 0.25) is 0 Å². The van der Waals surface area contributed by atoms with E-state index in [9.17, 15) is 5.11 Å². The molecule has 0 aliphatic heterocycles. The smallest absolute Gasteiger partial charge is 0.118 e. The molecule has 0 radical (unpaired) electrons. The summed E-state index contributed by atoms with van der Waals surface area (Å²) in [5, 5.41) is 9.94. The van der Waals surface area contributed by atoms with E-state index in [0.29, 0.717) is 5.75 Å². The summed E-state index contributed by atoms with van der Waals surface area (Å²) in [6.45, 7) is 9.07. The summed E-state index contributed by atoms with van der Waals surface area (Å²) < 4.78 is 0. The number of benzene rings is 1. The minimum atomic E-state index is 0.468. The summed E-state index contributed by atoms with van der Waals surface area (Å²) in [5.41, 5.74) is 2.50. The van der Waals surface area contributed by atoms with E-state index in [2.05, 4.69) is 39.8 Å². The standard InChI is InChI=1S/C18H30O/c1-5-14(3)7-9-16-10-12-18(19)17(13-16)11-8-15(4)6-2/h10,12-15,19H,5-9,11H2,1-4H3. The molecule has 108 valence electrons. The van der Waals surface area contributed by atoms with Gasteiger partial charge in [0.25, 0.3) is 0 Å². The summed E-state index contributed by atoms with van der Waals surface area (Å²) in [6, 6.07) is 6.16. The van der Waals surface area contributed by atoms with Gasteiger partial charge in [0.1, 0.15) is 5.75 Å². The van der Waals surface area contributed by atoms with Crippen LogP contribution in [0.2, 0.25) is 0 Å². The number of phenols is 1. The van der Waals surface area contributed by atoms with Crippen LogP contribution in [0.15, 0.2) is 18.2 Å². The highest BCUT2D eigenvalue weighted by molar-refractivity contribution is 5.36. The minimum Gasteiger partial charge on any atom is -0.508 e. The normalized spacial score (nSPS) is 14.3. The molecule has 1 aromatic rings. The topological polar surface area (TPSA) is 20.2 Å². The van der Waals surface area contributed by atoms with Crippen LogP contribution in [0.5, 0.6) is 5.75 Å². The number of phenolic OH excluding ortho intramolecular Hbond substituents is 1. The van der Waals surface area contributed by atoms with Gasteiger partial charge in [-0.05, 0) is 54.7 Å². The van der Waals surface area contributed by atoms with Crippen LogP contribution in [-0.2, 0) is 12.8 Å². The number of rotatable bonds is 8. The molecule has 1 aromatic carbocycles. The molecule has 0 amide bonds. The molecule has 2 unspecified atom stereocenters. The first kappa shape index (κ1) is 16.1. The van der Waals surface area contributed by atoms with Crippen molar-refractivity contribution >= 4 is 0 Å². The zero-order valence-electron chi connectivity index (χ0n) is 13.1. The number of aryl methyl sites for hydroxylation is 2. The summed E-state index contributed by atoms with van der Waals surface area (Å²) in [7, 11) is 0.